The van der Waals surface area contributed by atoms with Crippen LogP contribution in [0.25, 0.3) is 0 Å². The van der Waals surface area contributed by atoms with Gasteiger partial charge < -0.3 is 15.0 Å². The molecule has 8 heteroatoms. The number of alkyl halides is 1. The smallest absolute Gasteiger partial charge is 0.214 e. The predicted octanol–water partition coefficient (Wildman–Crippen LogP) is 3.89. The van der Waals surface area contributed by atoms with E-state index in [0.717, 1.165) is 43.6 Å². The van der Waals surface area contributed by atoms with E-state index in [2.05, 4.69) is 10.0 Å². The minimum Gasteiger partial charge on any atom is -0.385 e. The quantitative estimate of drug-likeness (QED) is 0.628. The van der Waals surface area contributed by atoms with E-state index in [4.69, 9.17) is 4.74 Å². The van der Waals surface area contributed by atoms with Crippen molar-refractivity contribution in [2.24, 2.45) is 5.92 Å². The highest BCUT2D eigenvalue weighted by molar-refractivity contribution is 7.90. The molecule has 1 saturated heterocycles. The van der Waals surface area contributed by atoms with E-state index >= 15 is 0 Å². The molecule has 1 aromatic carbocycles. The zero-order valence-electron chi connectivity index (χ0n) is 18.5. The van der Waals surface area contributed by atoms with Crippen LogP contribution in [-0.4, -0.2) is 51.3 Å². The lowest BCUT2D eigenvalue weighted by Crippen LogP contribution is -2.51. The molecular weight excluding hydrogens is 405 g/mol. The van der Waals surface area contributed by atoms with Gasteiger partial charge in [-0.15, -0.1) is 0 Å². The maximum absolute atomic E-state index is 14.5. The lowest BCUT2D eigenvalue weighted by molar-refractivity contribution is -0.0614. The molecule has 0 amide bonds. The van der Waals surface area contributed by atoms with Crippen LogP contribution in [0.15, 0.2) is 24.3 Å². The van der Waals surface area contributed by atoms with Crippen molar-refractivity contribution in [1.82, 2.24) is 4.72 Å². The van der Waals surface area contributed by atoms with Crippen LogP contribution in [0.2, 0.25) is 0 Å². The first-order chi connectivity index (χ1) is 14.2. The van der Waals surface area contributed by atoms with Gasteiger partial charge in [0.2, 0.25) is 10.0 Å². The van der Waals surface area contributed by atoms with Gasteiger partial charge in [0, 0.05) is 30.5 Å². The highest BCUT2D eigenvalue weighted by Crippen LogP contribution is 2.28. The number of morpholine rings is 1. The second-order valence-corrected chi connectivity index (χ2v) is 11.3. The first kappa shape index (κ1) is 23.3. The summed E-state index contributed by atoms with van der Waals surface area (Å²) in [5.74, 6) is 0.528. The molecule has 0 aromatic heterocycles. The minimum atomic E-state index is -3.20. The maximum Gasteiger partial charge on any atom is 0.214 e. The average molecular weight is 442 g/mol. The van der Waals surface area contributed by atoms with E-state index in [0.29, 0.717) is 12.5 Å². The summed E-state index contributed by atoms with van der Waals surface area (Å²) in [5, 5.41) is 3.09. The van der Waals surface area contributed by atoms with Crippen LogP contribution >= 0.6 is 0 Å². The molecule has 1 saturated carbocycles. The van der Waals surface area contributed by atoms with Gasteiger partial charge in [0.1, 0.15) is 6.10 Å². The molecule has 2 fully saturated rings. The molecule has 0 radical (unpaired) electrons. The molecule has 2 aliphatic rings. The van der Waals surface area contributed by atoms with Crippen molar-refractivity contribution in [2.75, 3.05) is 23.3 Å². The van der Waals surface area contributed by atoms with E-state index in [1.165, 1.54) is 0 Å². The number of hydrogen-bond acceptors (Lipinski definition) is 5. The fourth-order valence-corrected chi connectivity index (χ4v) is 5.21. The second kappa shape index (κ2) is 9.83. The molecule has 2 N–H and O–H groups in total. The standard InChI is InChI=1S/C22H36FN3O3S/c1-15(2)30(27,28)25-20-7-5-18(6-8-20)13-24-19-9-11-21(12-10-19)26-14-16(3)29-17(4)22(26)23/h9-12,15-18,20,22,24-25H,5-8,13-14H2,1-4H3/t16-,17+,18?,20?,22?/m0/s1. The molecule has 3 rings (SSSR count). The van der Waals surface area contributed by atoms with Crippen molar-refractivity contribution < 1.29 is 17.5 Å². The number of nitrogens with zero attached hydrogens (tertiary/aromatic N) is 1. The molecule has 30 heavy (non-hydrogen) atoms. The van der Waals surface area contributed by atoms with E-state index < -0.39 is 27.7 Å². The van der Waals surface area contributed by atoms with Gasteiger partial charge in [0.25, 0.3) is 0 Å². The van der Waals surface area contributed by atoms with Crippen molar-refractivity contribution >= 4 is 21.4 Å². The largest absolute Gasteiger partial charge is 0.385 e. The van der Waals surface area contributed by atoms with Crippen LogP contribution in [0.4, 0.5) is 15.8 Å². The molecule has 1 aromatic rings. The monoisotopic (exact) mass is 441 g/mol. The van der Waals surface area contributed by atoms with Gasteiger partial charge in [-0.1, -0.05) is 0 Å². The minimum absolute atomic E-state index is 0.00458. The van der Waals surface area contributed by atoms with Crippen LogP contribution in [0.5, 0.6) is 0 Å². The Bertz CT molecular complexity index is 779. The summed E-state index contributed by atoms with van der Waals surface area (Å²) in [6, 6.07) is 7.96. The number of benzene rings is 1. The molecule has 1 heterocycles. The summed E-state index contributed by atoms with van der Waals surface area (Å²) in [6.07, 6.45) is 2.19. The number of hydrogen-bond donors (Lipinski definition) is 2. The van der Waals surface area contributed by atoms with Crippen molar-refractivity contribution in [2.45, 2.75) is 83.2 Å². The first-order valence-electron chi connectivity index (χ1n) is 11.1. The van der Waals surface area contributed by atoms with Crippen molar-refractivity contribution in [3.63, 3.8) is 0 Å². The van der Waals surface area contributed by atoms with Gasteiger partial charge >= 0.3 is 0 Å². The van der Waals surface area contributed by atoms with Crippen LogP contribution in [0.1, 0.15) is 53.4 Å². The summed E-state index contributed by atoms with van der Waals surface area (Å²) in [7, 11) is -3.20. The Labute approximate surface area is 180 Å². The third-order valence-electron chi connectivity index (χ3n) is 6.18. The Balaban J connectivity index is 1.46. The summed E-state index contributed by atoms with van der Waals surface area (Å²) < 4.78 is 47.0. The number of sulfonamides is 1. The maximum atomic E-state index is 14.5. The third-order valence-corrected chi connectivity index (χ3v) is 8.08. The summed E-state index contributed by atoms with van der Waals surface area (Å²) >= 11 is 0. The topological polar surface area (TPSA) is 70.7 Å². The fraction of sp³-hybridized carbons (Fsp3) is 0.727. The Kier molecular flexibility index (Phi) is 7.63. The van der Waals surface area contributed by atoms with Crippen LogP contribution < -0.4 is 14.9 Å². The van der Waals surface area contributed by atoms with Crippen molar-refractivity contribution in [1.29, 1.82) is 0 Å². The van der Waals surface area contributed by atoms with E-state index in [-0.39, 0.29) is 12.1 Å². The summed E-state index contributed by atoms with van der Waals surface area (Å²) in [5.41, 5.74) is 1.89. The molecule has 3 atom stereocenters. The van der Waals surface area contributed by atoms with Crippen LogP contribution in [0, 0.1) is 5.92 Å². The lowest BCUT2D eigenvalue weighted by atomic mass is 9.86. The SMILES string of the molecule is CC(C)S(=O)(=O)NC1CCC(CNc2ccc(N3C[C@H](C)O[C@H](C)C3F)cc2)CC1. The van der Waals surface area contributed by atoms with E-state index in [1.54, 1.807) is 25.7 Å². The van der Waals surface area contributed by atoms with Gasteiger partial charge in [-0.25, -0.2) is 17.5 Å². The molecule has 1 unspecified atom stereocenters. The molecule has 170 valence electrons. The van der Waals surface area contributed by atoms with Gasteiger partial charge in [0.05, 0.1) is 11.4 Å². The Morgan fingerprint density at radius 3 is 2.37 bits per heavy atom. The van der Waals surface area contributed by atoms with Crippen molar-refractivity contribution in [3.05, 3.63) is 24.3 Å². The molecule has 6 nitrogen and oxygen atoms in total. The molecule has 1 aliphatic carbocycles. The third kappa shape index (κ3) is 5.86. The summed E-state index contributed by atoms with van der Waals surface area (Å²) in [4.78, 5) is 1.77. The Hall–Kier alpha value is -1.38. The number of halogens is 1. The molecule has 1 aliphatic heterocycles. The van der Waals surface area contributed by atoms with Gasteiger partial charge in [-0.05, 0) is 83.6 Å². The fourth-order valence-electron chi connectivity index (χ4n) is 4.24. The molecular formula is C22H36FN3O3S. The number of rotatable bonds is 7. The highest BCUT2D eigenvalue weighted by Gasteiger charge is 2.32. The Morgan fingerprint density at radius 1 is 1.13 bits per heavy atom. The predicted molar refractivity (Wildman–Crippen MR) is 120 cm³/mol. The highest BCUT2D eigenvalue weighted by atomic mass is 32.2. The zero-order chi connectivity index (χ0) is 21.9. The van der Waals surface area contributed by atoms with Crippen LogP contribution in [0.3, 0.4) is 0 Å². The van der Waals surface area contributed by atoms with Crippen LogP contribution in [-0.2, 0) is 14.8 Å². The second-order valence-electron chi connectivity index (χ2n) is 9.03. The number of ether oxygens (including phenoxy) is 1. The van der Waals surface area contributed by atoms with Gasteiger partial charge in [0.15, 0.2) is 6.30 Å². The Morgan fingerprint density at radius 2 is 1.77 bits per heavy atom. The van der Waals surface area contributed by atoms with E-state index in [1.807, 2.05) is 31.2 Å². The summed E-state index contributed by atoms with van der Waals surface area (Å²) in [6.45, 7) is 8.55. The first-order valence-corrected chi connectivity index (χ1v) is 12.6. The molecule has 0 bridgehead atoms. The van der Waals surface area contributed by atoms with Crippen molar-refractivity contribution in [3.8, 4) is 0 Å². The van der Waals surface area contributed by atoms with E-state index in [9.17, 15) is 12.8 Å². The lowest BCUT2D eigenvalue weighted by Gasteiger charge is -2.39. The number of anilines is 2. The van der Waals surface area contributed by atoms with Gasteiger partial charge in [-0.2, -0.15) is 0 Å². The zero-order valence-corrected chi connectivity index (χ0v) is 19.3. The van der Waals surface area contributed by atoms with Gasteiger partial charge in [-0.3, -0.25) is 0 Å². The average Bonchev–Trinajstić information content (AvgIpc) is 2.70. The normalized spacial score (nSPS) is 30.5. The molecule has 0 spiro atoms. The number of nitrogens with one attached hydrogen (secondary N) is 2.